The number of fused-ring (bicyclic) bond motifs is 1. The molecule has 3 rings (SSSR count). The molecule has 0 aliphatic carbocycles. The van der Waals surface area contributed by atoms with Crippen LogP contribution in [0.25, 0.3) is 22.2 Å². The van der Waals surface area contributed by atoms with E-state index in [1.165, 1.54) is 6.07 Å². The number of benzene rings is 1. The Morgan fingerprint density at radius 2 is 2.04 bits per heavy atom. The van der Waals surface area contributed by atoms with Gasteiger partial charge in [0.1, 0.15) is 17.9 Å². The molecule has 1 N–H and O–H groups in total. The number of nitrogens with one attached hydrogen (secondary N) is 1. The van der Waals surface area contributed by atoms with Gasteiger partial charge in [0.2, 0.25) is 5.56 Å². The number of rotatable bonds is 6. The Hall–Kier alpha value is -2.66. The Balaban J connectivity index is 2.01. The maximum Gasteiger partial charge on any atom is 0.247 e. The van der Waals surface area contributed by atoms with Crippen molar-refractivity contribution in [3.8, 4) is 17.0 Å². The van der Waals surface area contributed by atoms with Crippen LogP contribution in [-0.4, -0.2) is 29.8 Å². The molecule has 1 aromatic carbocycles. The molecular formula is C19H20N2O3. The first kappa shape index (κ1) is 16.2. The number of aryl methyl sites for hydroxylation is 1. The monoisotopic (exact) mass is 324 g/mol. The number of aromatic amines is 1. The second-order valence-electron chi connectivity index (χ2n) is 5.46. The molecule has 0 saturated heterocycles. The van der Waals surface area contributed by atoms with Crippen molar-refractivity contribution in [2.45, 2.75) is 13.8 Å². The van der Waals surface area contributed by atoms with Gasteiger partial charge < -0.3 is 14.5 Å². The molecule has 0 fully saturated rings. The van der Waals surface area contributed by atoms with Crippen molar-refractivity contribution >= 4 is 10.9 Å². The van der Waals surface area contributed by atoms with Crippen molar-refractivity contribution in [2.24, 2.45) is 0 Å². The number of aromatic nitrogens is 2. The Morgan fingerprint density at radius 3 is 2.79 bits per heavy atom. The summed E-state index contributed by atoms with van der Waals surface area (Å²) in [5.74, 6) is 0.738. The van der Waals surface area contributed by atoms with Crippen molar-refractivity contribution in [1.82, 2.24) is 9.97 Å². The van der Waals surface area contributed by atoms with Crippen molar-refractivity contribution in [2.75, 3.05) is 19.8 Å². The van der Waals surface area contributed by atoms with Crippen LogP contribution in [0.2, 0.25) is 0 Å². The number of pyridine rings is 2. The first-order chi connectivity index (χ1) is 11.7. The van der Waals surface area contributed by atoms with Gasteiger partial charge in [-0.15, -0.1) is 0 Å². The molecule has 3 aromatic rings. The highest BCUT2D eigenvalue weighted by Gasteiger charge is 2.09. The lowest BCUT2D eigenvalue weighted by Gasteiger charge is -2.12. The van der Waals surface area contributed by atoms with Crippen LogP contribution in [0.15, 0.2) is 47.4 Å². The zero-order valence-corrected chi connectivity index (χ0v) is 13.8. The van der Waals surface area contributed by atoms with Crippen LogP contribution >= 0.6 is 0 Å². The Bertz CT molecular complexity index is 882. The summed E-state index contributed by atoms with van der Waals surface area (Å²) in [5, 5.41) is 1.05. The molecule has 0 unspecified atom stereocenters. The predicted octanol–water partition coefficient (Wildman–Crippen LogP) is 3.31. The molecule has 124 valence electrons. The number of hydrogen-bond donors (Lipinski definition) is 1. The molecule has 5 heteroatoms. The molecule has 0 saturated carbocycles. The third-order valence-electron chi connectivity index (χ3n) is 3.78. The largest absolute Gasteiger partial charge is 0.489 e. The molecule has 0 radical (unpaired) electrons. The average Bonchev–Trinajstić information content (AvgIpc) is 2.59. The Kier molecular flexibility index (Phi) is 4.91. The standard InChI is InChI=1S/C19H20N2O3/c1-3-23-9-10-24-17-6-4-5-15-13(2)11-16(21-19(15)17)14-7-8-18(22)20-12-14/h4-8,11-12H,3,9-10H2,1-2H3,(H,20,22). The van der Waals surface area contributed by atoms with E-state index in [4.69, 9.17) is 14.5 Å². The summed E-state index contributed by atoms with van der Waals surface area (Å²) >= 11 is 0. The molecule has 0 spiro atoms. The fourth-order valence-corrected chi connectivity index (χ4v) is 2.58. The summed E-state index contributed by atoms with van der Waals surface area (Å²) in [6, 6.07) is 11.2. The van der Waals surface area contributed by atoms with Gasteiger partial charge in [-0.3, -0.25) is 4.79 Å². The minimum atomic E-state index is -0.129. The highest BCUT2D eigenvalue weighted by Crippen LogP contribution is 2.29. The number of H-pyrrole nitrogens is 1. The second-order valence-corrected chi connectivity index (χ2v) is 5.46. The van der Waals surface area contributed by atoms with Crippen LogP contribution < -0.4 is 10.3 Å². The number of para-hydroxylation sites is 1. The fraction of sp³-hybridized carbons (Fsp3) is 0.263. The van der Waals surface area contributed by atoms with Crippen LogP contribution in [0, 0.1) is 6.92 Å². The lowest BCUT2D eigenvalue weighted by atomic mass is 10.1. The molecule has 0 atom stereocenters. The van der Waals surface area contributed by atoms with Crippen LogP contribution in [0.5, 0.6) is 5.75 Å². The average molecular weight is 324 g/mol. The zero-order chi connectivity index (χ0) is 16.9. The summed E-state index contributed by atoms with van der Waals surface area (Å²) < 4.78 is 11.2. The number of ether oxygens (including phenoxy) is 2. The molecule has 24 heavy (non-hydrogen) atoms. The van der Waals surface area contributed by atoms with Gasteiger partial charge in [-0.25, -0.2) is 4.98 Å². The molecule has 2 aromatic heterocycles. The van der Waals surface area contributed by atoms with E-state index in [1.54, 1.807) is 12.3 Å². The van der Waals surface area contributed by atoms with Gasteiger partial charge in [-0.05, 0) is 37.6 Å². The van der Waals surface area contributed by atoms with E-state index in [0.29, 0.717) is 19.8 Å². The van der Waals surface area contributed by atoms with E-state index < -0.39 is 0 Å². The van der Waals surface area contributed by atoms with Gasteiger partial charge in [-0.2, -0.15) is 0 Å². The van der Waals surface area contributed by atoms with E-state index in [-0.39, 0.29) is 5.56 Å². The quantitative estimate of drug-likeness (QED) is 0.707. The van der Waals surface area contributed by atoms with Crippen LogP contribution in [0.4, 0.5) is 0 Å². The smallest absolute Gasteiger partial charge is 0.247 e. The van der Waals surface area contributed by atoms with Crippen LogP contribution in [0.3, 0.4) is 0 Å². The lowest BCUT2D eigenvalue weighted by Crippen LogP contribution is -2.07. The van der Waals surface area contributed by atoms with Gasteiger partial charge >= 0.3 is 0 Å². The Morgan fingerprint density at radius 1 is 1.17 bits per heavy atom. The molecule has 0 aliphatic heterocycles. The zero-order valence-electron chi connectivity index (χ0n) is 13.8. The SMILES string of the molecule is CCOCCOc1cccc2c(C)cc(-c3ccc(=O)[nH]c3)nc12. The van der Waals surface area contributed by atoms with Gasteiger partial charge in [0.25, 0.3) is 0 Å². The van der Waals surface area contributed by atoms with Gasteiger partial charge in [0.15, 0.2) is 0 Å². The van der Waals surface area contributed by atoms with Crippen molar-refractivity contribution < 1.29 is 9.47 Å². The second kappa shape index (κ2) is 7.27. The van der Waals surface area contributed by atoms with Crippen LogP contribution in [-0.2, 0) is 4.74 Å². The number of hydrogen-bond acceptors (Lipinski definition) is 4. The maximum absolute atomic E-state index is 11.3. The summed E-state index contributed by atoms with van der Waals surface area (Å²) in [4.78, 5) is 18.7. The first-order valence-corrected chi connectivity index (χ1v) is 7.99. The molecule has 2 heterocycles. The summed E-state index contributed by atoms with van der Waals surface area (Å²) in [6.45, 7) is 5.71. The molecule has 0 aliphatic rings. The third-order valence-corrected chi connectivity index (χ3v) is 3.78. The molecular weight excluding hydrogens is 304 g/mol. The maximum atomic E-state index is 11.3. The summed E-state index contributed by atoms with van der Waals surface area (Å²) in [7, 11) is 0. The number of nitrogens with zero attached hydrogens (tertiary/aromatic N) is 1. The topological polar surface area (TPSA) is 64.2 Å². The van der Waals surface area contributed by atoms with Gasteiger partial charge in [-0.1, -0.05) is 12.1 Å². The van der Waals surface area contributed by atoms with E-state index in [0.717, 1.165) is 33.5 Å². The van der Waals surface area contributed by atoms with E-state index in [2.05, 4.69) is 4.98 Å². The van der Waals surface area contributed by atoms with Crippen LogP contribution in [0.1, 0.15) is 12.5 Å². The molecule has 0 amide bonds. The normalized spacial score (nSPS) is 10.9. The van der Waals surface area contributed by atoms with Crippen molar-refractivity contribution in [3.05, 3.63) is 58.5 Å². The van der Waals surface area contributed by atoms with Gasteiger partial charge in [0, 0.05) is 29.8 Å². The Labute approximate surface area is 140 Å². The minimum Gasteiger partial charge on any atom is -0.489 e. The minimum absolute atomic E-state index is 0.129. The van der Waals surface area contributed by atoms with E-state index >= 15 is 0 Å². The highest BCUT2D eigenvalue weighted by molar-refractivity contribution is 5.89. The highest BCUT2D eigenvalue weighted by atomic mass is 16.5. The van der Waals surface area contributed by atoms with Crippen molar-refractivity contribution in [1.29, 1.82) is 0 Å². The predicted molar refractivity (Wildman–Crippen MR) is 94.5 cm³/mol. The van der Waals surface area contributed by atoms with Crippen molar-refractivity contribution in [3.63, 3.8) is 0 Å². The fourth-order valence-electron chi connectivity index (χ4n) is 2.58. The molecule has 5 nitrogen and oxygen atoms in total. The van der Waals surface area contributed by atoms with Gasteiger partial charge in [0.05, 0.1) is 12.3 Å². The first-order valence-electron chi connectivity index (χ1n) is 7.99. The third kappa shape index (κ3) is 3.46. The molecule has 0 bridgehead atoms. The van der Waals surface area contributed by atoms with E-state index in [1.807, 2.05) is 38.1 Å². The summed E-state index contributed by atoms with van der Waals surface area (Å²) in [6.07, 6.45) is 1.68. The lowest BCUT2D eigenvalue weighted by molar-refractivity contribution is 0.110. The summed E-state index contributed by atoms with van der Waals surface area (Å²) in [5.41, 5.74) is 3.46. The van der Waals surface area contributed by atoms with E-state index in [9.17, 15) is 4.79 Å².